The summed E-state index contributed by atoms with van der Waals surface area (Å²) >= 11 is 0. The van der Waals surface area contributed by atoms with E-state index >= 15 is 0 Å². The van der Waals surface area contributed by atoms with E-state index in [0.29, 0.717) is 66.9 Å². The number of aromatic nitrogens is 4. The highest BCUT2D eigenvalue weighted by Gasteiger charge is 2.29. The molecule has 0 N–H and O–H groups in total. The Morgan fingerprint density at radius 2 is 0.466 bits per heavy atom. The van der Waals surface area contributed by atoms with Crippen molar-refractivity contribution in [2.45, 2.75) is 0 Å². The minimum atomic E-state index is -0.528. The zero-order chi connectivity index (χ0) is 99.1. The molecular weight excluding hydrogens is 1420 g/mol. The third-order valence-corrected chi connectivity index (χ3v) is 24.1. The second kappa shape index (κ2) is 21.3. The molecule has 30 rings (SSSR count). The number of fused-ring (bicyclic) bond motifs is 36. The van der Waals surface area contributed by atoms with Gasteiger partial charge in [0.15, 0.2) is 0 Å². The summed E-state index contributed by atoms with van der Waals surface area (Å²) in [5.74, 6) is 0. The van der Waals surface area contributed by atoms with Gasteiger partial charge in [-0.1, -0.05) is 242 Å². The van der Waals surface area contributed by atoms with Gasteiger partial charge in [-0.15, -0.1) is 0 Å². The lowest BCUT2D eigenvalue weighted by Gasteiger charge is -2.08. The molecule has 0 aliphatic rings. The monoisotopic (exact) mass is 1500 g/mol. The van der Waals surface area contributed by atoms with Gasteiger partial charge in [-0.05, 0) is 130 Å². The first-order chi connectivity index (χ1) is 69.3. The van der Waals surface area contributed by atoms with Crippen LogP contribution < -0.4 is 0 Å². The molecule has 0 bridgehead atoms. The van der Waals surface area contributed by atoms with Gasteiger partial charge in [0.25, 0.3) is 0 Å². The van der Waals surface area contributed by atoms with E-state index in [4.69, 9.17) is 17.7 Å². The average Bonchev–Trinajstić information content (AvgIpc) is 1.48. The van der Waals surface area contributed by atoms with Crippen molar-refractivity contribution in [3.8, 4) is 44.5 Å². The third kappa shape index (κ3) is 7.42. The fraction of sp³-hybridized carbons (Fsp3) is 0. The van der Waals surface area contributed by atoms with Crippen LogP contribution in [-0.4, -0.2) is 17.6 Å². The first-order valence-electron chi connectivity index (χ1n) is 51.6. The zero-order valence-electron chi connectivity index (χ0n) is 87.6. The molecule has 12 aromatic heterocycles. The molecule has 0 saturated heterocycles. The fourth-order valence-electron chi connectivity index (χ4n) is 19.4. The van der Waals surface area contributed by atoms with Crippen LogP contribution in [0.3, 0.4) is 0 Å². The fourth-order valence-corrected chi connectivity index (χ4v) is 19.4. The number of furan rings is 4. The summed E-state index contributed by atoms with van der Waals surface area (Å²) in [6.07, 6.45) is 0. The Hall–Kier alpha value is -15.6. The molecule has 8 heteroatoms. The summed E-state index contributed by atoms with van der Waals surface area (Å²) in [5.41, 5.74) is 6.95. The molecular formula is C108H56N4O4. The predicted molar refractivity (Wildman–Crippen MR) is 482 cm³/mol. The standard InChI is InChI=1S/2C54H28N2O2/c1-3-25-47-29(11-1)35-17-7-19-37(53(35)57-47)31-13-9-23-43-49(31)39-21-5-15-33-41-28-46-42(27-45(41)55(43)51(33)39)34-16-6-22-40-50-32(14-10-24-44(50)56(46)52(34)40)38-20-8-18-36-30-12-2-4-26-48(30)58-54(36)38;1-3-19-47-33(9-1)41-25-29(21-23-49(41)57-47)31-11-7-17-43-51(31)37-15-5-13-35-39-28-46-40(27-45(39)55(43)53(35)37)36-14-6-16-38-52-32(12-8-18-44(52)56(46)54(36)38)30-22-24-50-42(26-30)34-10-2-4-20-48(34)58-50/h2*1-28H/i5D,6D,9D,10D,13D,14D,15D,16D,21D,22D,23D,24D,27D,28D;5D,6D,7D,8D,11D,12D,13D,14D,15D,16D,17D,18D,27D,28D. The summed E-state index contributed by atoms with van der Waals surface area (Å²) in [6.45, 7) is 0. The SMILES string of the molecule is [2H]c1c([2H])c([2H])c2c(c1-c1ccc3oc4ccccc4c3c1)c1c([2H])c([2H])c([2H])c3c4c([2H])c5c(c([2H])c4n2c13)c1c([2H])c([2H])c([2H])c2c3c(-c4ccc6oc7ccccc7c6c4)c([2H])c([2H])c([2H])c3n5c21.[2H]c1c([2H])c([2H])c2c(c1-c1cccc3c1oc1ccccc13)c1c([2H])c([2H])c([2H])c3c4c([2H])c5c(c([2H])c4n2c13)c1c([2H])c([2H])c([2H])c2c3c(-c4cccc6c4oc4ccccc46)c([2H])c([2H])c([2H])c3n5c21. The van der Waals surface area contributed by atoms with Gasteiger partial charge in [0.2, 0.25) is 0 Å². The molecule has 0 saturated carbocycles. The molecule has 0 unspecified atom stereocenters. The van der Waals surface area contributed by atoms with Gasteiger partial charge >= 0.3 is 0 Å². The molecule has 12 heterocycles. The minimum absolute atomic E-state index is 0.00244. The molecule has 30 aromatic rings. The Labute approximate surface area is 694 Å². The van der Waals surface area contributed by atoms with Crippen LogP contribution >= 0.6 is 0 Å². The van der Waals surface area contributed by atoms with Crippen LogP contribution in [-0.2, 0) is 0 Å². The Balaban J connectivity index is 0.000000137. The number of para-hydroxylation sites is 10. The van der Waals surface area contributed by atoms with Crippen LogP contribution in [0.25, 0.3) is 285 Å². The van der Waals surface area contributed by atoms with Gasteiger partial charge in [-0.3, -0.25) is 0 Å². The van der Waals surface area contributed by atoms with Crippen molar-refractivity contribution in [2.24, 2.45) is 0 Å². The Morgan fingerprint density at radius 3 is 0.819 bits per heavy atom. The summed E-state index contributed by atoms with van der Waals surface area (Å²) in [5, 5.41) is 6.86. The summed E-state index contributed by atoms with van der Waals surface area (Å²) in [7, 11) is 0. The molecule has 0 atom stereocenters. The molecule has 0 aliphatic heterocycles. The van der Waals surface area contributed by atoms with Gasteiger partial charge < -0.3 is 35.3 Å². The number of nitrogens with zero attached hydrogens (tertiary/aromatic N) is 4. The highest BCUT2D eigenvalue weighted by Crippen LogP contribution is 2.53. The van der Waals surface area contributed by atoms with E-state index in [1.54, 1.807) is 48.5 Å². The maximum atomic E-state index is 10.3. The molecule has 8 nitrogen and oxygen atoms in total. The zero-order valence-corrected chi connectivity index (χ0v) is 59.6. The van der Waals surface area contributed by atoms with Crippen LogP contribution in [0.1, 0.15) is 38.4 Å². The van der Waals surface area contributed by atoms with E-state index in [1.165, 1.54) is 17.6 Å². The Kier molecular flexibility index (Phi) is 7.45. The molecule has 0 amide bonds. The van der Waals surface area contributed by atoms with Gasteiger partial charge in [-0.25, -0.2) is 0 Å². The van der Waals surface area contributed by atoms with Crippen molar-refractivity contribution >= 4 is 240 Å². The van der Waals surface area contributed by atoms with Crippen molar-refractivity contribution in [3.63, 3.8) is 0 Å². The van der Waals surface area contributed by atoms with E-state index in [-0.39, 0.29) is 223 Å². The molecule has 0 spiro atoms. The van der Waals surface area contributed by atoms with Crippen molar-refractivity contribution < 1.29 is 56.0 Å². The molecule has 0 aliphatic carbocycles. The van der Waals surface area contributed by atoms with E-state index in [9.17, 15) is 38.4 Å². The van der Waals surface area contributed by atoms with E-state index < -0.39 is 121 Å². The van der Waals surface area contributed by atoms with Crippen molar-refractivity contribution in [1.29, 1.82) is 0 Å². The van der Waals surface area contributed by atoms with Gasteiger partial charge in [0, 0.05) is 140 Å². The first kappa shape index (κ1) is 40.5. The topological polar surface area (TPSA) is 70.2 Å². The number of benzene rings is 18. The second-order valence-corrected chi connectivity index (χ2v) is 29.7. The lowest BCUT2D eigenvalue weighted by molar-refractivity contribution is 0.668. The third-order valence-electron chi connectivity index (χ3n) is 24.1. The molecule has 0 fully saturated rings. The van der Waals surface area contributed by atoms with Crippen LogP contribution in [0.5, 0.6) is 0 Å². The lowest BCUT2D eigenvalue weighted by atomic mass is 9.96. The Bertz CT molecular complexity index is 10800. The maximum Gasteiger partial charge on any atom is 0.143 e. The largest absolute Gasteiger partial charge is 0.456 e. The highest BCUT2D eigenvalue weighted by atomic mass is 16.3. The number of rotatable bonds is 4. The maximum absolute atomic E-state index is 10.3. The van der Waals surface area contributed by atoms with Gasteiger partial charge in [0.05, 0.1) is 105 Å². The number of hydrogen-bond donors (Lipinski definition) is 0. The molecule has 116 heavy (non-hydrogen) atoms. The Morgan fingerprint density at radius 1 is 0.190 bits per heavy atom. The molecule has 18 aromatic carbocycles. The van der Waals surface area contributed by atoms with Gasteiger partial charge in [-0.2, -0.15) is 0 Å². The van der Waals surface area contributed by atoms with E-state index in [1.807, 2.05) is 121 Å². The van der Waals surface area contributed by atoms with Gasteiger partial charge in [0.1, 0.15) is 44.7 Å². The average molecular weight is 1500 g/mol. The van der Waals surface area contributed by atoms with Crippen LogP contribution in [0.15, 0.2) is 357 Å². The van der Waals surface area contributed by atoms with E-state index in [2.05, 4.69) is 0 Å². The summed E-state index contributed by atoms with van der Waals surface area (Å²) < 4.78 is 298. The van der Waals surface area contributed by atoms with Crippen molar-refractivity contribution in [3.05, 3.63) is 339 Å². The van der Waals surface area contributed by atoms with Crippen LogP contribution in [0.2, 0.25) is 0 Å². The summed E-state index contributed by atoms with van der Waals surface area (Å²) in [4.78, 5) is 0. The molecule has 0 radical (unpaired) electrons. The number of hydrogen-bond acceptors (Lipinski definition) is 4. The highest BCUT2D eigenvalue weighted by molar-refractivity contribution is 6.35. The van der Waals surface area contributed by atoms with E-state index in [0.717, 1.165) is 43.1 Å². The van der Waals surface area contributed by atoms with Crippen molar-refractivity contribution in [1.82, 2.24) is 17.6 Å². The lowest BCUT2D eigenvalue weighted by Crippen LogP contribution is -1.85. The normalized spacial score (nSPS) is 16.2. The minimum Gasteiger partial charge on any atom is -0.456 e. The van der Waals surface area contributed by atoms with Crippen LogP contribution in [0, 0.1) is 0 Å². The van der Waals surface area contributed by atoms with Crippen molar-refractivity contribution in [2.75, 3.05) is 0 Å². The quantitative estimate of drug-likeness (QED) is 0.176. The van der Waals surface area contributed by atoms with Crippen LogP contribution in [0.4, 0.5) is 0 Å². The summed E-state index contributed by atoms with van der Waals surface area (Å²) in [6, 6.07) is 39.3. The second-order valence-electron chi connectivity index (χ2n) is 29.7. The molecule has 532 valence electrons. The first-order valence-corrected chi connectivity index (χ1v) is 37.6. The predicted octanol–water partition coefficient (Wildman–Crippen LogP) is 30.2. The smallest absolute Gasteiger partial charge is 0.143 e.